The molecule has 0 bridgehead atoms. The first-order valence-corrected chi connectivity index (χ1v) is 10.1. The van der Waals surface area contributed by atoms with E-state index in [2.05, 4.69) is 15.0 Å². The van der Waals surface area contributed by atoms with Crippen molar-refractivity contribution in [1.82, 2.24) is 15.0 Å². The van der Waals surface area contributed by atoms with E-state index in [0.29, 0.717) is 36.4 Å². The molecule has 7 nitrogen and oxygen atoms in total. The maximum atomic E-state index is 12.7. The van der Waals surface area contributed by atoms with Gasteiger partial charge >= 0.3 is 29.6 Å². The Morgan fingerprint density at radius 2 is 2.04 bits per heavy atom. The number of rotatable bonds is 6. The van der Waals surface area contributed by atoms with E-state index in [0.717, 1.165) is 23.0 Å². The number of ether oxygens (including phenoxy) is 3. The van der Waals surface area contributed by atoms with E-state index in [4.69, 9.17) is 14.2 Å². The number of para-hydroxylation sites is 2. The molecule has 0 amide bonds. The normalized spacial score (nSPS) is 15.9. The van der Waals surface area contributed by atoms with Gasteiger partial charge in [-0.05, 0) is 30.4 Å². The van der Waals surface area contributed by atoms with Gasteiger partial charge in [-0.25, -0.2) is 0 Å². The van der Waals surface area contributed by atoms with E-state index < -0.39 is 10.8 Å². The van der Waals surface area contributed by atoms with Gasteiger partial charge in [0.1, 0.15) is 12.4 Å². The second-order valence-electron chi connectivity index (χ2n) is 6.20. The summed E-state index contributed by atoms with van der Waals surface area (Å²) in [5.41, 5.74) is 3.04. The minimum atomic E-state index is -1.38. The van der Waals surface area contributed by atoms with Gasteiger partial charge in [-0.15, -0.1) is 0 Å². The topological polar surface area (TPSA) is 84.6 Å². The van der Waals surface area contributed by atoms with Gasteiger partial charge in [-0.1, -0.05) is 24.3 Å². The van der Waals surface area contributed by atoms with E-state index in [-0.39, 0.29) is 41.6 Å². The largest absolute Gasteiger partial charge is 1.00 e. The summed E-state index contributed by atoms with van der Waals surface area (Å²) in [4.78, 5) is 13.1. The Balaban J connectivity index is 0.00000225. The van der Waals surface area contributed by atoms with Gasteiger partial charge in [-0.3, -0.25) is 9.19 Å². The zero-order valence-corrected chi connectivity index (χ0v) is 18.8. The number of benzene rings is 1. The molecule has 0 saturated carbocycles. The van der Waals surface area contributed by atoms with Crippen molar-refractivity contribution in [3.63, 3.8) is 0 Å². The maximum Gasteiger partial charge on any atom is 1.00 e. The summed E-state index contributed by atoms with van der Waals surface area (Å²) in [5, 5.41) is 0.327. The summed E-state index contributed by atoms with van der Waals surface area (Å²) in [6.45, 7) is 3.58. The molecule has 4 rings (SSSR count). The Labute approximate surface area is 187 Å². The number of imidazole rings is 1. The van der Waals surface area contributed by atoms with Gasteiger partial charge in [0.2, 0.25) is 0 Å². The Morgan fingerprint density at radius 1 is 1.25 bits per heavy atom. The fraction of sp³-hybridized carbons (Fsp3) is 0.368. The molecular formula is C19H20N3NaO4S. The fourth-order valence-corrected chi connectivity index (χ4v) is 3.90. The third-order valence-corrected chi connectivity index (χ3v) is 5.44. The summed E-state index contributed by atoms with van der Waals surface area (Å²) in [7, 11) is -1.38. The molecule has 9 heteroatoms. The van der Waals surface area contributed by atoms with Crippen LogP contribution in [0.3, 0.4) is 0 Å². The Hall–Kier alpha value is -1.29. The quantitative estimate of drug-likeness (QED) is 0.500. The number of pyridine rings is 1. The summed E-state index contributed by atoms with van der Waals surface area (Å²) in [6, 6.07) is 9.27. The van der Waals surface area contributed by atoms with Crippen LogP contribution in [0, 0.1) is 6.92 Å². The van der Waals surface area contributed by atoms with Gasteiger partial charge in [0, 0.05) is 16.9 Å². The average Bonchev–Trinajstić information content (AvgIpc) is 3.14. The van der Waals surface area contributed by atoms with Crippen LogP contribution in [-0.2, 0) is 26.0 Å². The first kappa shape index (κ1) is 21.4. The molecule has 0 spiro atoms. The van der Waals surface area contributed by atoms with Crippen LogP contribution in [0.2, 0.25) is 0 Å². The van der Waals surface area contributed by atoms with Crippen molar-refractivity contribution in [1.29, 1.82) is 0 Å². The van der Waals surface area contributed by atoms with Crippen molar-refractivity contribution < 1.29 is 48.0 Å². The van der Waals surface area contributed by atoms with Crippen molar-refractivity contribution in [2.24, 2.45) is 0 Å². The second kappa shape index (κ2) is 9.96. The molecule has 3 aromatic rings. The first-order chi connectivity index (χ1) is 13.2. The van der Waals surface area contributed by atoms with E-state index in [1.54, 1.807) is 12.3 Å². The van der Waals surface area contributed by atoms with Crippen LogP contribution in [-0.4, -0.2) is 40.3 Å². The molecule has 0 N–H and O–H groups in total. The van der Waals surface area contributed by atoms with Crippen molar-refractivity contribution in [2.75, 3.05) is 19.8 Å². The van der Waals surface area contributed by atoms with Crippen molar-refractivity contribution in [3.8, 4) is 5.75 Å². The van der Waals surface area contributed by atoms with E-state index in [9.17, 15) is 4.21 Å². The molecule has 28 heavy (non-hydrogen) atoms. The monoisotopic (exact) mass is 409 g/mol. The third kappa shape index (κ3) is 5.00. The zero-order chi connectivity index (χ0) is 18.6. The predicted molar refractivity (Wildman–Crippen MR) is 100.0 cm³/mol. The molecule has 1 atom stereocenters. The molecule has 1 fully saturated rings. The molecule has 3 heterocycles. The molecule has 1 saturated heterocycles. The third-order valence-electron chi connectivity index (χ3n) is 4.32. The van der Waals surface area contributed by atoms with Crippen LogP contribution in [0.5, 0.6) is 5.75 Å². The fourth-order valence-electron chi connectivity index (χ4n) is 2.83. The standard InChI is InChI=1S/C19H20N3O4S.Na/c1-13-16(12-27(23)19-21-14-5-2-3-6-15(14)22-19)20-8-7-17(13)26-11-18-24-9-4-10-25-18;/h2-3,5-8,18H,4,9-12H2,1H3;/q-1;+1. The van der Waals surface area contributed by atoms with Crippen LogP contribution in [0.4, 0.5) is 0 Å². The number of aromatic nitrogens is 3. The molecule has 1 aliphatic rings. The maximum absolute atomic E-state index is 12.7. The van der Waals surface area contributed by atoms with E-state index >= 15 is 0 Å². The Morgan fingerprint density at radius 3 is 2.82 bits per heavy atom. The van der Waals surface area contributed by atoms with Gasteiger partial charge in [-0.2, -0.15) is 0 Å². The van der Waals surface area contributed by atoms with Crippen LogP contribution >= 0.6 is 0 Å². The molecular weight excluding hydrogens is 389 g/mol. The van der Waals surface area contributed by atoms with Crippen LogP contribution in [0.25, 0.3) is 11.0 Å². The van der Waals surface area contributed by atoms with E-state index in [1.807, 2.05) is 31.2 Å². The minimum absolute atomic E-state index is 0. The smallest absolute Gasteiger partial charge is 0.488 e. The summed E-state index contributed by atoms with van der Waals surface area (Å²) in [5.74, 6) is 0.916. The van der Waals surface area contributed by atoms with Crippen molar-refractivity contribution in [2.45, 2.75) is 30.5 Å². The van der Waals surface area contributed by atoms with Crippen molar-refractivity contribution in [3.05, 3.63) is 47.8 Å². The second-order valence-corrected chi connectivity index (χ2v) is 7.55. The molecule has 1 aliphatic heterocycles. The zero-order valence-electron chi connectivity index (χ0n) is 16.0. The van der Waals surface area contributed by atoms with Crippen LogP contribution in [0.15, 0.2) is 41.7 Å². The van der Waals surface area contributed by atoms with E-state index in [1.165, 1.54) is 0 Å². The van der Waals surface area contributed by atoms with Gasteiger partial charge < -0.3 is 24.2 Å². The summed E-state index contributed by atoms with van der Waals surface area (Å²) >= 11 is 0. The number of fused-ring (bicyclic) bond motifs is 1. The predicted octanol–water partition coefficient (Wildman–Crippen LogP) is -0.651. The molecule has 142 valence electrons. The molecule has 0 radical (unpaired) electrons. The van der Waals surface area contributed by atoms with Crippen LogP contribution < -0.4 is 39.3 Å². The minimum Gasteiger partial charge on any atom is -0.488 e. The Kier molecular flexibility index (Phi) is 7.62. The van der Waals surface area contributed by atoms with Crippen LogP contribution in [0.1, 0.15) is 17.7 Å². The summed E-state index contributed by atoms with van der Waals surface area (Å²) in [6.07, 6.45) is 2.20. The van der Waals surface area contributed by atoms with Gasteiger partial charge in [0.15, 0.2) is 6.29 Å². The number of nitrogens with zero attached hydrogens (tertiary/aromatic N) is 3. The average molecular weight is 409 g/mol. The SMILES string of the molecule is Cc1c(OCC2OCCCO2)ccnc1CS(=O)c1nc2ccccc2[n-]1.[Na+]. The van der Waals surface area contributed by atoms with Gasteiger partial charge in [0.25, 0.3) is 0 Å². The molecule has 2 aromatic heterocycles. The molecule has 0 aliphatic carbocycles. The molecule has 1 aromatic carbocycles. The molecule has 1 unspecified atom stereocenters. The summed E-state index contributed by atoms with van der Waals surface area (Å²) < 4.78 is 29.5. The van der Waals surface area contributed by atoms with Gasteiger partial charge in [0.05, 0.1) is 35.5 Å². The Bertz CT molecular complexity index is 926. The number of hydrogen-bond donors (Lipinski definition) is 0. The number of hydrogen-bond acceptors (Lipinski definition) is 6. The van der Waals surface area contributed by atoms with Crippen molar-refractivity contribution >= 4 is 21.8 Å². The first-order valence-electron chi connectivity index (χ1n) is 8.79.